The van der Waals surface area contributed by atoms with Gasteiger partial charge in [-0.05, 0) is 25.5 Å². The second-order valence-electron chi connectivity index (χ2n) is 4.10. The quantitative estimate of drug-likeness (QED) is 0.756. The molecule has 0 radical (unpaired) electrons. The number of hydrogen-bond acceptors (Lipinski definition) is 3. The summed E-state index contributed by atoms with van der Waals surface area (Å²) in [6, 6.07) is 4.06. The lowest BCUT2D eigenvalue weighted by Gasteiger charge is -2.20. The average Bonchev–Trinajstić information content (AvgIpc) is 2.63. The van der Waals surface area contributed by atoms with Gasteiger partial charge in [-0.3, -0.25) is 0 Å². The molecule has 3 heteroatoms. The number of furan rings is 1. The Kier molecular flexibility index (Phi) is 4.85. The molecule has 1 aromatic heterocycles. The van der Waals surface area contributed by atoms with E-state index in [9.17, 15) is 0 Å². The Bertz CT molecular complexity index is 283. The first-order valence-electron chi connectivity index (χ1n) is 5.71. The van der Waals surface area contributed by atoms with Gasteiger partial charge >= 0.3 is 0 Å². The summed E-state index contributed by atoms with van der Waals surface area (Å²) < 4.78 is 5.58. The highest BCUT2D eigenvalue weighted by atomic mass is 16.3. The highest BCUT2D eigenvalue weighted by molar-refractivity contribution is 5.12. The first-order chi connectivity index (χ1) is 7.19. The van der Waals surface area contributed by atoms with Gasteiger partial charge in [0.1, 0.15) is 11.5 Å². The van der Waals surface area contributed by atoms with Crippen molar-refractivity contribution in [2.45, 2.75) is 45.1 Å². The van der Waals surface area contributed by atoms with E-state index in [1.165, 1.54) is 6.42 Å². The van der Waals surface area contributed by atoms with Crippen molar-refractivity contribution in [3.63, 3.8) is 0 Å². The fourth-order valence-electron chi connectivity index (χ4n) is 1.80. The van der Waals surface area contributed by atoms with Gasteiger partial charge in [0, 0.05) is 18.5 Å². The van der Waals surface area contributed by atoms with E-state index >= 15 is 0 Å². The van der Waals surface area contributed by atoms with Crippen molar-refractivity contribution in [1.29, 1.82) is 0 Å². The standard InChI is InChI=1S/C12H22N2O/c1-3-4-5-11(14)10(8-13)12-7-6-9(2)15-12/h6-7,10-11H,3-5,8,13-14H2,1-2H3. The van der Waals surface area contributed by atoms with Crippen LogP contribution in [0.2, 0.25) is 0 Å². The van der Waals surface area contributed by atoms with Crippen LogP contribution in [0.25, 0.3) is 0 Å². The Morgan fingerprint density at radius 2 is 2.13 bits per heavy atom. The van der Waals surface area contributed by atoms with E-state index in [1.54, 1.807) is 0 Å². The van der Waals surface area contributed by atoms with Crippen LogP contribution in [-0.2, 0) is 0 Å². The van der Waals surface area contributed by atoms with Gasteiger partial charge in [-0.15, -0.1) is 0 Å². The molecule has 0 saturated heterocycles. The van der Waals surface area contributed by atoms with Crippen LogP contribution < -0.4 is 11.5 Å². The summed E-state index contributed by atoms with van der Waals surface area (Å²) in [5.41, 5.74) is 11.9. The van der Waals surface area contributed by atoms with E-state index in [0.29, 0.717) is 6.54 Å². The lowest BCUT2D eigenvalue weighted by Crippen LogP contribution is -2.33. The maximum absolute atomic E-state index is 6.12. The molecule has 2 unspecified atom stereocenters. The Morgan fingerprint density at radius 1 is 1.40 bits per heavy atom. The summed E-state index contributed by atoms with van der Waals surface area (Å²) in [4.78, 5) is 0. The van der Waals surface area contributed by atoms with Crippen LogP contribution in [0.4, 0.5) is 0 Å². The normalized spacial score (nSPS) is 15.2. The summed E-state index contributed by atoms with van der Waals surface area (Å²) in [5, 5.41) is 0. The molecule has 0 spiro atoms. The minimum atomic E-state index is 0.112. The zero-order valence-corrected chi connectivity index (χ0v) is 9.70. The van der Waals surface area contributed by atoms with Crippen LogP contribution in [0.1, 0.15) is 43.6 Å². The Morgan fingerprint density at radius 3 is 2.60 bits per heavy atom. The van der Waals surface area contributed by atoms with Crippen LogP contribution >= 0.6 is 0 Å². The molecular formula is C12H22N2O. The molecule has 0 fully saturated rings. The van der Waals surface area contributed by atoms with E-state index < -0.39 is 0 Å². The van der Waals surface area contributed by atoms with Crippen molar-refractivity contribution in [3.8, 4) is 0 Å². The van der Waals surface area contributed by atoms with Crippen molar-refractivity contribution >= 4 is 0 Å². The maximum atomic E-state index is 6.12. The number of unbranched alkanes of at least 4 members (excludes halogenated alkanes) is 1. The summed E-state index contributed by atoms with van der Waals surface area (Å²) in [7, 11) is 0. The molecule has 0 aliphatic heterocycles. The first kappa shape index (κ1) is 12.3. The molecule has 1 aromatic rings. The Hall–Kier alpha value is -0.800. The third-order valence-electron chi connectivity index (χ3n) is 2.79. The second-order valence-corrected chi connectivity index (χ2v) is 4.10. The molecule has 0 aromatic carbocycles. The molecule has 0 amide bonds. The van der Waals surface area contributed by atoms with Crippen LogP contribution in [0.3, 0.4) is 0 Å². The van der Waals surface area contributed by atoms with Gasteiger partial charge in [0.05, 0.1) is 0 Å². The zero-order valence-electron chi connectivity index (χ0n) is 9.70. The summed E-state index contributed by atoms with van der Waals surface area (Å²) in [6.45, 7) is 4.66. The monoisotopic (exact) mass is 210 g/mol. The molecule has 15 heavy (non-hydrogen) atoms. The molecule has 0 aliphatic carbocycles. The summed E-state index contributed by atoms with van der Waals surface area (Å²) in [5.74, 6) is 2.01. The fourth-order valence-corrected chi connectivity index (χ4v) is 1.80. The molecule has 4 N–H and O–H groups in total. The third kappa shape index (κ3) is 3.36. The molecule has 0 aliphatic rings. The molecule has 1 rings (SSSR count). The highest BCUT2D eigenvalue weighted by Gasteiger charge is 2.20. The van der Waals surface area contributed by atoms with Crippen LogP contribution in [0.15, 0.2) is 16.5 Å². The van der Waals surface area contributed by atoms with Crippen LogP contribution in [0.5, 0.6) is 0 Å². The smallest absolute Gasteiger partial charge is 0.110 e. The summed E-state index contributed by atoms with van der Waals surface area (Å²) >= 11 is 0. The van der Waals surface area contributed by atoms with Gasteiger partial charge in [0.2, 0.25) is 0 Å². The van der Waals surface area contributed by atoms with Crippen LogP contribution in [-0.4, -0.2) is 12.6 Å². The number of nitrogens with two attached hydrogens (primary N) is 2. The van der Waals surface area contributed by atoms with Crippen molar-refractivity contribution in [2.24, 2.45) is 11.5 Å². The van der Waals surface area contributed by atoms with Gasteiger partial charge in [-0.1, -0.05) is 19.8 Å². The lowest BCUT2D eigenvalue weighted by atomic mass is 9.94. The van der Waals surface area contributed by atoms with Gasteiger partial charge in [-0.2, -0.15) is 0 Å². The van der Waals surface area contributed by atoms with Crippen LogP contribution in [0, 0.1) is 6.92 Å². The molecule has 0 saturated carbocycles. The second kappa shape index (κ2) is 5.93. The molecular weight excluding hydrogens is 188 g/mol. The number of aryl methyl sites for hydroxylation is 1. The number of rotatable bonds is 6. The first-order valence-corrected chi connectivity index (χ1v) is 5.71. The lowest BCUT2D eigenvalue weighted by molar-refractivity contribution is 0.392. The zero-order chi connectivity index (χ0) is 11.3. The Labute approximate surface area is 91.8 Å². The van der Waals surface area contributed by atoms with E-state index in [1.807, 2.05) is 19.1 Å². The van der Waals surface area contributed by atoms with Crippen molar-refractivity contribution in [2.75, 3.05) is 6.54 Å². The van der Waals surface area contributed by atoms with Crippen molar-refractivity contribution in [1.82, 2.24) is 0 Å². The minimum absolute atomic E-state index is 0.112. The largest absolute Gasteiger partial charge is 0.466 e. The highest BCUT2D eigenvalue weighted by Crippen LogP contribution is 2.22. The summed E-state index contributed by atoms with van der Waals surface area (Å²) in [6.07, 6.45) is 3.33. The minimum Gasteiger partial charge on any atom is -0.466 e. The van der Waals surface area contributed by atoms with E-state index in [2.05, 4.69) is 6.92 Å². The predicted molar refractivity (Wildman–Crippen MR) is 62.7 cm³/mol. The SMILES string of the molecule is CCCCC(N)C(CN)c1ccc(C)o1. The molecule has 86 valence electrons. The maximum Gasteiger partial charge on any atom is 0.110 e. The third-order valence-corrected chi connectivity index (χ3v) is 2.79. The molecule has 1 heterocycles. The Balaban J connectivity index is 2.62. The van der Waals surface area contributed by atoms with E-state index in [0.717, 1.165) is 24.4 Å². The molecule has 2 atom stereocenters. The van der Waals surface area contributed by atoms with Gasteiger partial charge in [0.15, 0.2) is 0 Å². The van der Waals surface area contributed by atoms with Gasteiger partial charge in [0.25, 0.3) is 0 Å². The fraction of sp³-hybridized carbons (Fsp3) is 0.667. The average molecular weight is 210 g/mol. The van der Waals surface area contributed by atoms with Gasteiger partial charge < -0.3 is 15.9 Å². The van der Waals surface area contributed by atoms with E-state index in [4.69, 9.17) is 15.9 Å². The topological polar surface area (TPSA) is 65.2 Å². The van der Waals surface area contributed by atoms with E-state index in [-0.39, 0.29) is 12.0 Å². The van der Waals surface area contributed by atoms with Crippen molar-refractivity contribution in [3.05, 3.63) is 23.7 Å². The predicted octanol–water partition coefficient (Wildman–Crippen LogP) is 2.15. The van der Waals surface area contributed by atoms with Gasteiger partial charge in [-0.25, -0.2) is 0 Å². The molecule has 0 bridgehead atoms. The number of hydrogen-bond donors (Lipinski definition) is 2. The molecule has 3 nitrogen and oxygen atoms in total. The van der Waals surface area contributed by atoms with Crippen molar-refractivity contribution < 1.29 is 4.42 Å².